The molecule has 106 valence electrons. The van der Waals surface area contributed by atoms with E-state index in [0.717, 1.165) is 31.6 Å². The van der Waals surface area contributed by atoms with E-state index < -0.39 is 6.10 Å². The average molecular weight is 284 g/mol. The summed E-state index contributed by atoms with van der Waals surface area (Å²) in [6.45, 7) is 3.23. The molecule has 1 aromatic rings. The number of piperidine rings is 1. The van der Waals surface area contributed by atoms with Gasteiger partial charge in [-0.15, -0.1) is 0 Å². The van der Waals surface area contributed by atoms with Gasteiger partial charge >= 0.3 is 0 Å². The zero-order chi connectivity index (χ0) is 13.7. The lowest BCUT2D eigenvalue weighted by molar-refractivity contribution is 0.131. The zero-order valence-electron chi connectivity index (χ0n) is 11.4. The van der Waals surface area contributed by atoms with Crippen LogP contribution in [0.1, 0.15) is 37.4 Å². The van der Waals surface area contributed by atoms with Crippen LogP contribution >= 0.6 is 11.6 Å². The summed E-state index contributed by atoms with van der Waals surface area (Å²) in [6.07, 6.45) is 4.08. The molecule has 0 aliphatic carbocycles. The fourth-order valence-corrected chi connectivity index (χ4v) is 2.79. The smallest absolute Gasteiger partial charge is 0.124 e. The van der Waals surface area contributed by atoms with E-state index in [2.05, 4.69) is 4.90 Å². The third-order valence-electron chi connectivity index (χ3n) is 3.72. The standard InChI is InChI=1S/C15H22ClNO2/c1-19-15-6-5-12(16)11-13(15)14(18)7-10-17-8-3-2-4-9-17/h5-6,11,14,18H,2-4,7-10H2,1H3. The Morgan fingerprint density at radius 2 is 2.05 bits per heavy atom. The molecule has 0 aromatic heterocycles. The van der Waals surface area contributed by atoms with Gasteiger partial charge in [0.15, 0.2) is 0 Å². The van der Waals surface area contributed by atoms with E-state index in [-0.39, 0.29) is 0 Å². The second kappa shape index (κ2) is 7.13. The van der Waals surface area contributed by atoms with Gasteiger partial charge in [-0.3, -0.25) is 0 Å². The number of aliphatic hydroxyl groups excluding tert-OH is 1. The Labute approximate surface area is 120 Å². The van der Waals surface area contributed by atoms with Crippen LogP contribution in [0.15, 0.2) is 18.2 Å². The lowest BCUT2D eigenvalue weighted by atomic mass is 10.0. The number of hydrogen-bond donors (Lipinski definition) is 1. The number of rotatable bonds is 5. The molecule has 2 rings (SSSR count). The maximum Gasteiger partial charge on any atom is 0.124 e. The second-order valence-electron chi connectivity index (χ2n) is 5.09. The lowest BCUT2D eigenvalue weighted by Crippen LogP contribution is -2.31. The van der Waals surface area contributed by atoms with Gasteiger partial charge in [0.2, 0.25) is 0 Å². The minimum Gasteiger partial charge on any atom is -0.496 e. The number of methoxy groups -OCH3 is 1. The van der Waals surface area contributed by atoms with Gasteiger partial charge in [0.25, 0.3) is 0 Å². The van der Waals surface area contributed by atoms with Gasteiger partial charge in [0.05, 0.1) is 13.2 Å². The molecular formula is C15H22ClNO2. The highest BCUT2D eigenvalue weighted by Crippen LogP contribution is 2.30. The predicted octanol–water partition coefficient (Wildman–Crippen LogP) is 3.26. The quantitative estimate of drug-likeness (QED) is 0.900. The normalized spacial score (nSPS) is 18.3. The third-order valence-corrected chi connectivity index (χ3v) is 3.95. The molecule has 0 bridgehead atoms. The first-order valence-electron chi connectivity index (χ1n) is 6.94. The van der Waals surface area contributed by atoms with Crippen molar-refractivity contribution in [1.82, 2.24) is 4.90 Å². The molecule has 0 radical (unpaired) electrons. The van der Waals surface area contributed by atoms with E-state index >= 15 is 0 Å². The summed E-state index contributed by atoms with van der Waals surface area (Å²) in [5.41, 5.74) is 0.784. The molecule has 1 aliphatic rings. The molecule has 1 N–H and O–H groups in total. The Kier molecular flexibility index (Phi) is 5.49. The highest BCUT2D eigenvalue weighted by atomic mass is 35.5. The molecule has 19 heavy (non-hydrogen) atoms. The molecule has 0 amide bonds. The first kappa shape index (κ1) is 14.6. The van der Waals surface area contributed by atoms with Crippen molar-refractivity contribution in [3.63, 3.8) is 0 Å². The molecule has 1 fully saturated rings. The van der Waals surface area contributed by atoms with Crippen molar-refractivity contribution in [3.8, 4) is 5.75 Å². The van der Waals surface area contributed by atoms with Crippen molar-refractivity contribution in [1.29, 1.82) is 0 Å². The molecule has 1 heterocycles. The third kappa shape index (κ3) is 4.10. The van der Waals surface area contributed by atoms with Crippen LogP contribution in [-0.4, -0.2) is 36.8 Å². The first-order chi connectivity index (χ1) is 9.20. The highest BCUT2D eigenvalue weighted by Gasteiger charge is 2.16. The van der Waals surface area contributed by atoms with E-state index in [1.54, 1.807) is 19.2 Å². The SMILES string of the molecule is COc1ccc(Cl)cc1C(O)CCN1CCCCC1. The van der Waals surface area contributed by atoms with Crippen LogP contribution in [-0.2, 0) is 0 Å². The minimum absolute atomic E-state index is 0.518. The van der Waals surface area contributed by atoms with Crippen LogP contribution in [0, 0.1) is 0 Å². The molecule has 1 saturated heterocycles. The molecular weight excluding hydrogens is 262 g/mol. The van der Waals surface area contributed by atoms with Crippen LogP contribution in [0.25, 0.3) is 0 Å². The summed E-state index contributed by atoms with van der Waals surface area (Å²) in [4.78, 5) is 2.42. The van der Waals surface area contributed by atoms with Crippen LogP contribution in [0.4, 0.5) is 0 Å². The van der Waals surface area contributed by atoms with Crippen LogP contribution in [0.2, 0.25) is 5.02 Å². The Hall–Kier alpha value is -0.770. The zero-order valence-corrected chi connectivity index (χ0v) is 12.2. The predicted molar refractivity (Wildman–Crippen MR) is 77.9 cm³/mol. The maximum absolute atomic E-state index is 10.3. The molecule has 3 nitrogen and oxygen atoms in total. The Morgan fingerprint density at radius 1 is 1.32 bits per heavy atom. The van der Waals surface area contributed by atoms with Gasteiger partial charge in [-0.1, -0.05) is 18.0 Å². The van der Waals surface area contributed by atoms with Crippen LogP contribution in [0.5, 0.6) is 5.75 Å². The van der Waals surface area contributed by atoms with E-state index in [0.29, 0.717) is 10.8 Å². The summed E-state index contributed by atoms with van der Waals surface area (Å²) < 4.78 is 5.28. The Morgan fingerprint density at radius 3 is 2.74 bits per heavy atom. The summed E-state index contributed by atoms with van der Waals surface area (Å²) in [7, 11) is 1.62. The fraction of sp³-hybridized carbons (Fsp3) is 0.600. The van der Waals surface area contributed by atoms with E-state index in [1.165, 1.54) is 19.3 Å². The number of nitrogens with zero attached hydrogens (tertiary/aromatic N) is 1. The van der Waals surface area contributed by atoms with Gasteiger partial charge < -0.3 is 14.7 Å². The van der Waals surface area contributed by atoms with Crippen molar-refractivity contribution < 1.29 is 9.84 Å². The topological polar surface area (TPSA) is 32.7 Å². The van der Waals surface area contributed by atoms with Crippen molar-refractivity contribution >= 4 is 11.6 Å². The van der Waals surface area contributed by atoms with Crippen molar-refractivity contribution in [3.05, 3.63) is 28.8 Å². The number of ether oxygens (including phenoxy) is 1. The molecule has 0 spiro atoms. The maximum atomic E-state index is 10.3. The second-order valence-corrected chi connectivity index (χ2v) is 5.53. The number of benzene rings is 1. The summed E-state index contributed by atoms with van der Waals surface area (Å²) in [5, 5.41) is 11.0. The first-order valence-corrected chi connectivity index (χ1v) is 7.32. The summed E-state index contributed by atoms with van der Waals surface area (Å²) in [5.74, 6) is 0.704. The minimum atomic E-state index is -0.518. The molecule has 1 unspecified atom stereocenters. The van der Waals surface area contributed by atoms with Gasteiger partial charge in [0.1, 0.15) is 5.75 Å². The van der Waals surface area contributed by atoms with Crippen LogP contribution < -0.4 is 4.74 Å². The van der Waals surface area contributed by atoms with E-state index in [1.807, 2.05) is 6.07 Å². The largest absolute Gasteiger partial charge is 0.496 e. The van der Waals surface area contributed by atoms with Gasteiger partial charge in [0, 0.05) is 17.1 Å². The van der Waals surface area contributed by atoms with Crippen molar-refractivity contribution in [2.24, 2.45) is 0 Å². The molecule has 0 saturated carbocycles. The number of likely N-dealkylation sites (tertiary alicyclic amines) is 1. The van der Waals surface area contributed by atoms with Gasteiger partial charge in [-0.25, -0.2) is 0 Å². The van der Waals surface area contributed by atoms with E-state index in [9.17, 15) is 5.11 Å². The Balaban J connectivity index is 1.94. The molecule has 1 aliphatic heterocycles. The lowest BCUT2D eigenvalue weighted by Gasteiger charge is -2.27. The van der Waals surface area contributed by atoms with Crippen LogP contribution in [0.3, 0.4) is 0 Å². The number of hydrogen-bond acceptors (Lipinski definition) is 3. The van der Waals surface area contributed by atoms with Gasteiger partial charge in [-0.05, 0) is 50.6 Å². The molecule has 4 heteroatoms. The fourth-order valence-electron chi connectivity index (χ4n) is 2.61. The molecule has 1 aromatic carbocycles. The Bertz CT molecular complexity index is 405. The molecule has 1 atom stereocenters. The van der Waals surface area contributed by atoms with Crippen molar-refractivity contribution in [2.75, 3.05) is 26.7 Å². The summed E-state index contributed by atoms with van der Waals surface area (Å²) >= 11 is 5.99. The number of halogens is 1. The number of aliphatic hydroxyl groups is 1. The average Bonchev–Trinajstić information content (AvgIpc) is 2.46. The van der Waals surface area contributed by atoms with Gasteiger partial charge in [-0.2, -0.15) is 0 Å². The summed E-state index contributed by atoms with van der Waals surface area (Å²) in [6, 6.07) is 5.38. The van der Waals surface area contributed by atoms with E-state index in [4.69, 9.17) is 16.3 Å². The van der Waals surface area contributed by atoms with Crippen molar-refractivity contribution in [2.45, 2.75) is 31.8 Å². The highest BCUT2D eigenvalue weighted by molar-refractivity contribution is 6.30. The monoisotopic (exact) mass is 283 g/mol.